The van der Waals surface area contributed by atoms with Gasteiger partial charge in [0.1, 0.15) is 0 Å². The zero-order chi connectivity index (χ0) is 65.2. The van der Waals surface area contributed by atoms with Crippen molar-refractivity contribution in [2.75, 3.05) is 0 Å². The van der Waals surface area contributed by atoms with Gasteiger partial charge in [-0.1, -0.05) is 223 Å². The second kappa shape index (κ2) is 28.8. The van der Waals surface area contributed by atoms with Crippen LogP contribution in [-0.2, 0) is 0 Å². The highest BCUT2D eigenvalue weighted by Gasteiger charge is 2.67. The van der Waals surface area contributed by atoms with E-state index in [2.05, 4.69) is 187 Å². The average Bonchev–Trinajstić information content (AvgIpc) is 1.41. The molecule has 544 valence electrons. The van der Waals surface area contributed by atoms with Gasteiger partial charge >= 0.3 is 0 Å². The topological polar surface area (TPSA) is 0 Å². The highest BCUT2D eigenvalue weighted by atomic mass is 14.7. The van der Waals surface area contributed by atoms with E-state index in [9.17, 15) is 0 Å². The minimum atomic E-state index is 0. The predicted molar refractivity (Wildman–Crippen MR) is 414 cm³/mol. The molecule has 92 heavy (non-hydrogen) atoms. The van der Waals surface area contributed by atoms with Crippen LogP contribution in [0.4, 0.5) is 0 Å². The Hall–Kier alpha value is 0. The van der Waals surface area contributed by atoms with E-state index in [4.69, 9.17) is 0 Å². The molecule has 0 radical (unpaired) electrons. The Morgan fingerprint density at radius 2 is 0.630 bits per heavy atom. The summed E-state index contributed by atoms with van der Waals surface area (Å²) in [5, 5.41) is 0. The number of hydrogen-bond acceptors (Lipinski definition) is 0. The van der Waals surface area contributed by atoms with Crippen molar-refractivity contribution in [2.24, 2.45) is 171 Å². The molecular formula is C92H176. The summed E-state index contributed by atoms with van der Waals surface area (Å²) in [7, 11) is 0. The lowest BCUT2D eigenvalue weighted by Gasteiger charge is -2.67. The molecule has 0 aromatic rings. The standard InChI is InChI=1S/C15H26.3C15H28.C14H24.C14H26.4CH4/c1-11(2)15-7-12-5-13(3,9-15)8-14(4,6-12)10-15;2*1-11(2)13-8-14(4)6-12(3)7-15(5,9-13)10-14;1-10(2)14-13-6-11(3)8-15(14,5)9-12(4)7-13;1-10(2)14-8-12(3)5-11(14)6-13(4,7-12)9-14;1-11(2)14-7-5-6-13(4,10-14)8-12(3)9-14;;;;/h11-12H,5-10H2,1-4H3;2*11-13H,6-10H2,1-5H3;10-14H,6-9H2,1-5H3;10-11H,5-9H2,1-4H3;11-12H,5-10H2,1-4H3;4*1H4. The molecule has 16 saturated carbocycles. The molecule has 14 unspecified atom stereocenters. The highest BCUT2D eigenvalue weighted by molar-refractivity contribution is 5.17. The zero-order valence-corrected chi connectivity index (χ0v) is 65.2. The molecule has 0 amide bonds. The quantitative estimate of drug-likeness (QED) is 0.249. The van der Waals surface area contributed by atoms with Crippen LogP contribution in [0.5, 0.6) is 0 Å². The van der Waals surface area contributed by atoms with Crippen molar-refractivity contribution in [2.45, 2.75) is 416 Å². The summed E-state index contributed by atoms with van der Waals surface area (Å²) in [4.78, 5) is 0. The van der Waals surface area contributed by atoms with E-state index in [0.29, 0.717) is 48.7 Å². The van der Waals surface area contributed by atoms with Gasteiger partial charge in [0.25, 0.3) is 0 Å². The summed E-state index contributed by atoms with van der Waals surface area (Å²) in [6.07, 6.45) is 46.7. The van der Waals surface area contributed by atoms with Crippen molar-refractivity contribution >= 4 is 0 Å². The van der Waals surface area contributed by atoms with E-state index in [0.717, 1.165) is 122 Å². The van der Waals surface area contributed by atoms with Gasteiger partial charge in [-0.2, -0.15) is 0 Å². The molecule has 0 aromatic carbocycles. The maximum absolute atomic E-state index is 2.58. The molecule has 14 atom stereocenters. The van der Waals surface area contributed by atoms with E-state index in [1.165, 1.54) is 180 Å². The van der Waals surface area contributed by atoms with Crippen LogP contribution in [0.2, 0.25) is 0 Å². The van der Waals surface area contributed by atoms with E-state index in [-0.39, 0.29) is 29.7 Å². The van der Waals surface area contributed by atoms with Gasteiger partial charge in [0.2, 0.25) is 0 Å². The first kappa shape index (κ1) is 82.7. The van der Waals surface area contributed by atoms with Crippen molar-refractivity contribution in [3.8, 4) is 0 Å². The van der Waals surface area contributed by atoms with Crippen molar-refractivity contribution in [1.29, 1.82) is 0 Å². The Kier molecular flexibility index (Phi) is 25.9. The molecule has 16 rings (SSSR count). The van der Waals surface area contributed by atoms with Gasteiger partial charge in [-0.05, 0) is 364 Å². The van der Waals surface area contributed by atoms with E-state index in [1.807, 2.05) is 0 Å². The second-order valence-corrected chi connectivity index (χ2v) is 45.4. The van der Waals surface area contributed by atoms with Gasteiger partial charge in [-0.15, -0.1) is 0 Å². The predicted octanol–water partition coefficient (Wildman–Crippen LogP) is 30.6. The second-order valence-electron chi connectivity index (χ2n) is 45.4. The molecule has 0 aromatic heterocycles. The first-order chi connectivity index (χ1) is 40.2. The third-order valence-corrected chi connectivity index (χ3v) is 31.8. The molecule has 0 N–H and O–H groups in total. The monoisotopic (exact) mass is 1280 g/mol. The summed E-state index contributed by atoms with van der Waals surface area (Å²) < 4.78 is 0. The van der Waals surface area contributed by atoms with Crippen LogP contribution in [0.1, 0.15) is 416 Å². The largest absolute Gasteiger partial charge is 0.0776 e. The maximum atomic E-state index is 2.58. The zero-order valence-electron chi connectivity index (χ0n) is 65.2. The summed E-state index contributed by atoms with van der Waals surface area (Å²) >= 11 is 0. The third kappa shape index (κ3) is 17.6. The molecule has 0 spiro atoms. The van der Waals surface area contributed by atoms with Crippen LogP contribution in [-0.4, -0.2) is 0 Å². The molecule has 16 fully saturated rings. The van der Waals surface area contributed by atoms with Gasteiger partial charge in [0.05, 0.1) is 0 Å². The molecule has 16 bridgehead atoms. The van der Waals surface area contributed by atoms with Crippen LogP contribution in [0, 0.1) is 171 Å². The lowest BCUT2D eigenvalue weighted by atomic mass is 9.38. The van der Waals surface area contributed by atoms with Crippen molar-refractivity contribution in [3.05, 3.63) is 0 Å². The minimum Gasteiger partial charge on any atom is -0.0776 e. The molecule has 16 aliphatic carbocycles. The van der Waals surface area contributed by atoms with Crippen LogP contribution >= 0.6 is 0 Å². The number of fused-ring (bicyclic) bond motifs is 8. The van der Waals surface area contributed by atoms with Crippen molar-refractivity contribution < 1.29 is 0 Å². The van der Waals surface area contributed by atoms with Gasteiger partial charge in [0.15, 0.2) is 0 Å². The normalized spacial score (nSPS) is 50.8. The summed E-state index contributed by atoms with van der Waals surface area (Å²) in [5.41, 5.74) is 9.07. The molecular weight excluding hydrogens is 1110 g/mol. The molecule has 0 saturated heterocycles. The van der Waals surface area contributed by atoms with Gasteiger partial charge in [-0.25, -0.2) is 0 Å². The fourth-order valence-corrected chi connectivity index (χ4v) is 32.2. The van der Waals surface area contributed by atoms with E-state index >= 15 is 0 Å². The van der Waals surface area contributed by atoms with Gasteiger partial charge < -0.3 is 0 Å². The smallest absolute Gasteiger partial charge is 0.0235 e. The fraction of sp³-hybridized carbons (Fsp3) is 1.00. The van der Waals surface area contributed by atoms with E-state index < -0.39 is 0 Å². The van der Waals surface area contributed by atoms with Crippen molar-refractivity contribution in [3.63, 3.8) is 0 Å². The van der Waals surface area contributed by atoms with Gasteiger partial charge in [0, 0.05) is 0 Å². The fourth-order valence-electron chi connectivity index (χ4n) is 32.2. The summed E-state index contributed by atoms with van der Waals surface area (Å²) in [6, 6.07) is 0. The Balaban J connectivity index is 0.000000199. The maximum Gasteiger partial charge on any atom is -0.0235 e. The van der Waals surface area contributed by atoms with Crippen LogP contribution in [0.15, 0.2) is 0 Å². The average molecular weight is 1280 g/mol. The first-order valence-corrected chi connectivity index (χ1v) is 40.2. The minimum absolute atomic E-state index is 0. The van der Waals surface area contributed by atoms with Crippen LogP contribution in [0.25, 0.3) is 0 Å². The molecule has 0 nitrogen and oxygen atoms in total. The Morgan fingerprint density at radius 1 is 0.283 bits per heavy atom. The van der Waals surface area contributed by atoms with Crippen LogP contribution < -0.4 is 0 Å². The van der Waals surface area contributed by atoms with E-state index in [1.54, 1.807) is 19.3 Å². The SMILES string of the molecule is C.C.C.C.CC(C)C12CC3(C)CC1CC(C)(C3)C2.CC(C)C12CC3CC(C)(CC(C)(C3)C1)C2.CC1CC2(C)CC(C(C)C)CC(C)(C1)C2.CC1CC2(C)CC(C(C)C)CC(C)(C1)C2.CC1CC2(C)CCCC(C(C)C)(C1)C2.CC1CC2CC(C)CC(C)(C1)C2C(C)C. The molecule has 0 heteroatoms. The van der Waals surface area contributed by atoms with Crippen molar-refractivity contribution in [1.82, 2.24) is 0 Å². The van der Waals surface area contributed by atoms with Crippen LogP contribution in [0.3, 0.4) is 0 Å². The Bertz CT molecular complexity index is 2160. The molecule has 0 aliphatic heterocycles. The van der Waals surface area contributed by atoms with Gasteiger partial charge in [-0.3, -0.25) is 0 Å². The molecule has 16 aliphatic rings. The lowest BCUT2D eigenvalue weighted by molar-refractivity contribution is -0.162. The number of rotatable bonds is 6. The first-order valence-electron chi connectivity index (χ1n) is 40.2. The Morgan fingerprint density at radius 3 is 0.957 bits per heavy atom. The summed E-state index contributed by atoms with van der Waals surface area (Å²) in [5.74, 6) is 16.4. The highest BCUT2D eigenvalue weighted by Crippen LogP contribution is 2.77. The summed E-state index contributed by atoms with van der Waals surface area (Å²) in [6.45, 7) is 67.3. The lowest BCUT2D eigenvalue weighted by Crippen LogP contribution is -2.56. The third-order valence-electron chi connectivity index (χ3n) is 31.8. The number of hydrogen-bond donors (Lipinski definition) is 0. The molecule has 0 heterocycles. The Labute approximate surface area is 583 Å².